The third kappa shape index (κ3) is 5.98. The summed E-state index contributed by atoms with van der Waals surface area (Å²) < 4.78 is 18.0. The van der Waals surface area contributed by atoms with Gasteiger partial charge in [0.2, 0.25) is 0 Å². The number of allylic oxidation sites excluding steroid dienone is 4. The number of halogens is 2. The molecular formula is C36H35Cl2NO5. The molecule has 3 aromatic rings. The Hall–Kier alpha value is -3.74. The average Bonchev–Trinajstić information content (AvgIpc) is 3.02. The molecule has 6 rings (SSSR count). The molecule has 2 aliphatic carbocycles. The maximum atomic E-state index is 13.3. The van der Waals surface area contributed by atoms with Gasteiger partial charge in [-0.2, -0.15) is 0 Å². The molecule has 0 fully saturated rings. The molecule has 0 aromatic heterocycles. The van der Waals surface area contributed by atoms with Gasteiger partial charge in [0.1, 0.15) is 13.2 Å². The smallest absolute Gasteiger partial charge is 0.161 e. The number of ketones is 2. The maximum absolute atomic E-state index is 13.3. The molecule has 0 saturated heterocycles. The number of nitrogens with zero attached hydrogens (tertiary/aromatic N) is 1. The van der Waals surface area contributed by atoms with E-state index in [2.05, 4.69) is 4.90 Å². The van der Waals surface area contributed by atoms with Crippen LogP contribution in [0.4, 0.5) is 0 Å². The Morgan fingerprint density at radius 3 is 1.95 bits per heavy atom. The summed E-state index contributed by atoms with van der Waals surface area (Å²) >= 11 is 13.6. The third-order valence-corrected chi connectivity index (χ3v) is 9.09. The fourth-order valence-corrected chi connectivity index (χ4v) is 7.10. The first-order valence-electron chi connectivity index (χ1n) is 15.2. The van der Waals surface area contributed by atoms with Crippen LogP contribution in [0.5, 0.6) is 17.2 Å². The van der Waals surface area contributed by atoms with Crippen molar-refractivity contribution in [2.45, 2.75) is 64.6 Å². The summed E-state index contributed by atoms with van der Waals surface area (Å²) in [7, 11) is 1.98. The first-order valence-corrected chi connectivity index (χ1v) is 15.9. The third-order valence-electron chi connectivity index (χ3n) is 8.53. The van der Waals surface area contributed by atoms with Gasteiger partial charge in [0.15, 0.2) is 28.8 Å². The molecule has 0 bridgehead atoms. The molecule has 6 nitrogen and oxygen atoms in total. The van der Waals surface area contributed by atoms with E-state index in [-0.39, 0.29) is 18.2 Å². The first-order chi connectivity index (χ1) is 21.4. The van der Waals surface area contributed by atoms with E-state index in [1.165, 1.54) is 0 Å². The number of carbonyl (C=O) groups is 2. The van der Waals surface area contributed by atoms with Gasteiger partial charge in [-0.15, -0.1) is 0 Å². The van der Waals surface area contributed by atoms with Gasteiger partial charge in [-0.25, -0.2) is 0 Å². The minimum atomic E-state index is -0.474. The largest absolute Gasteiger partial charge is 0.490 e. The number of Topliss-reactive ketones (excluding diaryl/α,β-unsaturated/α-hetero) is 2. The Labute approximate surface area is 268 Å². The number of ether oxygens (including phenoxy) is 3. The van der Waals surface area contributed by atoms with Gasteiger partial charge in [0.25, 0.3) is 0 Å². The molecule has 1 aliphatic heterocycles. The van der Waals surface area contributed by atoms with Crippen molar-refractivity contribution in [1.82, 2.24) is 4.90 Å². The Morgan fingerprint density at radius 1 is 0.727 bits per heavy atom. The zero-order valence-corrected chi connectivity index (χ0v) is 26.5. The van der Waals surface area contributed by atoms with Gasteiger partial charge < -0.3 is 19.1 Å². The SMILES string of the molecule is CCOc1cc(COc2c(Cl)cc(C3C4=C(CCCC4=O)N(C)C4=C3C(=O)CCC4)cc2Cl)ccc1OCc1ccccc1. The molecule has 3 aliphatic rings. The zero-order chi connectivity index (χ0) is 30.8. The first kappa shape index (κ1) is 30.3. The van der Waals surface area contributed by atoms with Crippen LogP contribution >= 0.6 is 23.2 Å². The molecule has 0 saturated carbocycles. The summed E-state index contributed by atoms with van der Waals surface area (Å²) in [5, 5.41) is 0.658. The molecule has 0 amide bonds. The minimum Gasteiger partial charge on any atom is -0.490 e. The topological polar surface area (TPSA) is 65.1 Å². The maximum Gasteiger partial charge on any atom is 0.161 e. The van der Waals surface area contributed by atoms with Gasteiger partial charge >= 0.3 is 0 Å². The van der Waals surface area contributed by atoms with Gasteiger partial charge in [0.05, 0.1) is 16.7 Å². The van der Waals surface area contributed by atoms with Crippen molar-refractivity contribution in [2.75, 3.05) is 13.7 Å². The van der Waals surface area contributed by atoms with Crippen LogP contribution in [0, 0.1) is 0 Å². The molecule has 1 heterocycles. The van der Waals surface area contributed by atoms with Crippen LogP contribution in [0.2, 0.25) is 10.0 Å². The Kier molecular flexibility index (Phi) is 9.01. The van der Waals surface area contributed by atoms with Gasteiger partial charge in [-0.3, -0.25) is 9.59 Å². The van der Waals surface area contributed by atoms with Crippen LogP contribution in [0.3, 0.4) is 0 Å². The van der Waals surface area contributed by atoms with Crippen LogP contribution in [-0.4, -0.2) is 30.1 Å². The molecular weight excluding hydrogens is 597 g/mol. The monoisotopic (exact) mass is 631 g/mol. The molecule has 0 unspecified atom stereocenters. The molecule has 44 heavy (non-hydrogen) atoms. The number of hydrogen-bond acceptors (Lipinski definition) is 6. The van der Waals surface area contributed by atoms with Crippen molar-refractivity contribution in [3.05, 3.63) is 110 Å². The molecule has 3 aromatic carbocycles. The minimum absolute atomic E-state index is 0.0851. The van der Waals surface area contributed by atoms with Crippen molar-refractivity contribution in [3.63, 3.8) is 0 Å². The Morgan fingerprint density at radius 2 is 1.34 bits per heavy atom. The van der Waals surface area contributed by atoms with E-state index in [0.717, 1.165) is 53.8 Å². The zero-order valence-electron chi connectivity index (χ0n) is 25.0. The van der Waals surface area contributed by atoms with Crippen molar-refractivity contribution in [1.29, 1.82) is 0 Å². The molecule has 8 heteroatoms. The highest BCUT2D eigenvalue weighted by Crippen LogP contribution is 2.50. The van der Waals surface area contributed by atoms with E-state index >= 15 is 0 Å². The highest BCUT2D eigenvalue weighted by atomic mass is 35.5. The second-order valence-electron chi connectivity index (χ2n) is 11.4. The standard InChI is InChI=1S/C36H35Cl2NO5/c1-3-42-32-17-23(15-16-31(32)43-20-22-9-5-4-6-10-22)21-44-36-25(37)18-24(19-26(36)38)33-34-27(11-7-13-29(34)40)39(2)28-12-8-14-30(41)35(28)33/h4-6,9-10,15-19,33H,3,7-8,11-14,20-21H2,1-2H3. The molecule has 0 spiro atoms. The summed E-state index contributed by atoms with van der Waals surface area (Å²) in [5.41, 5.74) is 6.08. The second-order valence-corrected chi connectivity index (χ2v) is 12.2. The molecule has 228 valence electrons. The summed E-state index contributed by atoms with van der Waals surface area (Å²) in [4.78, 5) is 28.7. The van der Waals surface area contributed by atoms with Gasteiger partial charge in [-0.05, 0) is 73.6 Å². The van der Waals surface area contributed by atoms with E-state index in [9.17, 15) is 9.59 Å². The number of hydrogen-bond donors (Lipinski definition) is 0. The van der Waals surface area contributed by atoms with Crippen molar-refractivity contribution in [3.8, 4) is 17.2 Å². The fraction of sp³-hybridized carbons (Fsp3) is 0.333. The van der Waals surface area contributed by atoms with Crippen molar-refractivity contribution >= 4 is 34.8 Å². The number of carbonyl (C=O) groups excluding carboxylic acids is 2. The van der Waals surface area contributed by atoms with E-state index in [0.29, 0.717) is 64.5 Å². The molecule has 0 N–H and O–H groups in total. The predicted octanol–water partition coefficient (Wildman–Crippen LogP) is 8.59. The fourth-order valence-electron chi connectivity index (χ4n) is 6.49. The average molecular weight is 633 g/mol. The lowest BCUT2D eigenvalue weighted by Crippen LogP contribution is -2.37. The Balaban J connectivity index is 1.25. The lowest BCUT2D eigenvalue weighted by atomic mass is 9.71. The van der Waals surface area contributed by atoms with Gasteiger partial charge in [-0.1, -0.05) is 59.6 Å². The predicted molar refractivity (Wildman–Crippen MR) is 171 cm³/mol. The summed E-state index contributed by atoms with van der Waals surface area (Å²) in [6.07, 6.45) is 4.18. The van der Waals surface area contributed by atoms with E-state index in [1.807, 2.05) is 62.5 Å². The van der Waals surface area contributed by atoms with Crippen molar-refractivity contribution in [2.24, 2.45) is 0 Å². The quantitative estimate of drug-likeness (QED) is 0.236. The lowest BCUT2D eigenvalue weighted by Gasteiger charge is -2.42. The van der Waals surface area contributed by atoms with E-state index < -0.39 is 5.92 Å². The lowest BCUT2D eigenvalue weighted by molar-refractivity contribution is -0.117. The summed E-state index contributed by atoms with van der Waals surface area (Å²) in [6, 6.07) is 19.2. The normalized spacial score (nSPS) is 17.0. The van der Waals surface area contributed by atoms with E-state index in [4.69, 9.17) is 37.4 Å². The number of benzene rings is 3. The molecule has 0 radical (unpaired) electrons. The summed E-state index contributed by atoms with van der Waals surface area (Å²) in [6.45, 7) is 3.05. The van der Waals surface area contributed by atoms with E-state index in [1.54, 1.807) is 12.1 Å². The van der Waals surface area contributed by atoms with Crippen LogP contribution < -0.4 is 14.2 Å². The van der Waals surface area contributed by atoms with Crippen LogP contribution in [-0.2, 0) is 22.8 Å². The van der Waals surface area contributed by atoms with Crippen LogP contribution in [0.15, 0.2) is 83.2 Å². The second kappa shape index (κ2) is 13.1. The highest BCUT2D eigenvalue weighted by molar-refractivity contribution is 6.37. The van der Waals surface area contributed by atoms with Crippen molar-refractivity contribution < 1.29 is 23.8 Å². The van der Waals surface area contributed by atoms with Gasteiger partial charge in [0, 0.05) is 48.3 Å². The highest BCUT2D eigenvalue weighted by Gasteiger charge is 2.42. The number of rotatable bonds is 9. The molecule has 0 atom stereocenters. The van der Waals surface area contributed by atoms with Crippen LogP contribution in [0.25, 0.3) is 0 Å². The Bertz CT molecular complexity index is 1600. The van der Waals surface area contributed by atoms with Crippen LogP contribution in [0.1, 0.15) is 68.1 Å². The summed E-state index contributed by atoms with van der Waals surface area (Å²) in [5.74, 6) is 1.32.